The molecule has 1 rings (SSSR count). The number of nitriles is 1. The zero-order valence-corrected chi connectivity index (χ0v) is 5.59. The summed E-state index contributed by atoms with van der Waals surface area (Å²) in [7, 11) is 0. The number of nitrogens with zero attached hydrogens (tertiary/aromatic N) is 1. The standard InChI is InChI=1S/C8H5F2N/c9-8(10)7-4-2-1-3-6(7)5-11/h1-4,8H. The molecular formula is C8H5F2N. The number of rotatable bonds is 1. The second-order valence-electron chi connectivity index (χ2n) is 2.00. The fourth-order valence-corrected chi connectivity index (χ4v) is 0.789. The second kappa shape index (κ2) is 3.11. The van der Waals surface area contributed by atoms with Gasteiger partial charge in [-0.15, -0.1) is 0 Å². The van der Waals surface area contributed by atoms with E-state index in [-0.39, 0.29) is 11.1 Å². The van der Waals surface area contributed by atoms with Crippen LogP contribution in [0.5, 0.6) is 0 Å². The lowest BCUT2D eigenvalue weighted by Gasteiger charge is -1.99. The fraction of sp³-hybridized carbons (Fsp3) is 0.125. The van der Waals surface area contributed by atoms with Gasteiger partial charge in [0, 0.05) is 5.56 Å². The molecule has 1 aromatic rings. The highest BCUT2D eigenvalue weighted by atomic mass is 19.3. The lowest BCUT2D eigenvalue weighted by molar-refractivity contribution is 0.151. The van der Waals surface area contributed by atoms with E-state index in [1.54, 1.807) is 12.1 Å². The van der Waals surface area contributed by atoms with Gasteiger partial charge in [0.05, 0.1) is 11.6 Å². The Balaban J connectivity index is 3.15. The minimum atomic E-state index is -2.56. The van der Waals surface area contributed by atoms with Gasteiger partial charge in [0.1, 0.15) is 0 Å². The molecule has 0 radical (unpaired) electrons. The van der Waals surface area contributed by atoms with Crippen LogP contribution < -0.4 is 0 Å². The Labute approximate surface area is 62.9 Å². The van der Waals surface area contributed by atoms with Gasteiger partial charge in [-0.1, -0.05) is 18.2 Å². The van der Waals surface area contributed by atoms with Crippen molar-refractivity contribution in [3.05, 3.63) is 35.4 Å². The van der Waals surface area contributed by atoms with Gasteiger partial charge in [-0.2, -0.15) is 5.26 Å². The van der Waals surface area contributed by atoms with Gasteiger partial charge in [-0.25, -0.2) is 8.78 Å². The van der Waals surface area contributed by atoms with Crippen LogP contribution in [0.15, 0.2) is 24.3 Å². The first-order chi connectivity index (χ1) is 5.25. The van der Waals surface area contributed by atoms with E-state index in [2.05, 4.69) is 0 Å². The maximum absolute atomic E-state index is 12.1. The average molecular weight is 153 g/mol. The van der Waals surface area contributed by atoms with Crippen molar-refractivity contribution in [2.45, 2.75) is 6.43 Å². The first kappa shape index (κ1) is 7.67. The van der Waals surface area contributed by atoms with Crippen LogP contribution >= 0.6 is 0 Å². The number of halogens is 2. The number of alkyl halides is 2. The molecule has 11 heavy (non-hydrogen) atoms. The summed E-state index contributed by atoms with van der Waals surface area (Å²) in [5, 5.41) is 8.38. The molecule has 1 aromatic carbocycles. The molecule has 0 fully saturated rings. The molecule has 0 N–H and O–H groups in total. The molecule has 0 atom stereocenters. The Hall–Kier alpha value is -1.43. The van der Waals surface area contributed by atoms with Crippen LogP contribution in [-0.4, -0.2) is 0 Å². The van der Waals surface area contributed by atoms with E-state index in [9.17, 15) is 8.78 Å². The van der Waals surface area contributed by atoms with Crippen molar-refractivity contribution in [2.75, 3.05) is 0 Å². The molecule has 3 heteroatoms. The Bertz CT molecular complexity index is 288. The summed E-state index contributed by atoms with van der Waals surface area (Å²) < 4.78 is 24.1. The molecule has 0 aromatic heterocycles. The van der Waals surface area contributed by atoms with Crippen molar-refractivity contribution in [3.63, 3.8) is 0 Å². The molecule has 0 aliphatic rings. The van der Waals surface area contributed by atoms with Crippen molar-refractivity contribution in [1.29, 1.82) is 5.26 Å². The van der Waals surface area contributed by atoms with Gasteiger partial charge in [-0.05, 0) is 6.07 Å². The molecule has 0 saturated carbocycles. The van der Waals surface area contributed by atoms with Gasteiger partial charge < -0.3 is 0 Å². The van der Waals surface area contributed by atoms with Gasteiger partial charge in [-0.3, -0.25) is 0 Å². The third kappa shape index (κ3) is 1.53. The molecule has 0 bridgehead atoms. The normalized spacial score (nSPS) is 9.64. The first-order valence-corrected chi connectivity index (χ1v) is 3.03. The summed E-state index contributed by atoms with van der Waals surface area (Å²) in [6, 6.07) is 7.37. The second-order valence-corrected chi connectivity index (χ2v) is 2.00. The molecule has 0 saturated heterocycles. The van der Waals surface area contributed by atoms with Gasteiger partial charge >= 0.3 is 0 Å². The third-order valence-corrected chi connectivity index (χ3v) is 1.32. The Morgan fingerprint density at radius 2 is 1.91 bits per heavy atom. The zero-order valence-electron chi connectivity index (χ0n) is 5.59. The summed E-state index contributed by atoms with van der Waals surface area (Å²) in [5.74, 6) is 0. The largest absolute Gasteiger partial charge is 0.265 e. The minimum Gasteiger partial charge on any atom is -0.205 e. The summed E-state index contributed by atoms with van der Waals surface area (Å²) in [6.45, 7) is 0. The molecule has 0 aliphatic carbocycles. The van der Waals surface area contributed by atoms with Crippen LogP contribution in [0.3, 0.4) is 0 Å². The van der Waals surface area contributed by atoms with E-state index in [1.165, 1.54) is 18.2 Å². The van der Waals surface area contributed by atoms with Crippen molar-refractivity contribution in [2.24, 2.45) is 0 Å². The molecule has 56 valence electrons. The monoisotopic (exact) mass is 153 g/mol. The molecule has 0 heterocycles. The molecule has 0 aliphatic heterocycles. The molecule has 0 unspecified atom stereocenters. The summed E-state index contributed by atoms with van der Waals surface area (Å²) in [6.07, 6.45) is -2.56. The Kier molecular flexibility index (Phi) is 2.17. The molecule has 1 nitrogen and oxygen atoms in total. The average Bonchev–Trinajstić information content (AvgIpc) is 2.04. The lowest BCUT2D eigenvalue weighted by atomic mass is 10.1. The van der Waals surface area contributed by atoms with Gasteiger partial charge in [0.15, 0.2) is 0 Å². The van der Waals surface area contributed by atoms with Crippen LogP contribution in [-0.2, 0) is 0 Å². The number of hydrogen-bond donors (Lipinski definition) is 0. The van der Waals surface area contributed by atoms with Crippen LogP contribution in [0.1, 0.15) is 17.6 Å². The summed E-state index contributed by atoms with van der Waals surface area (Å²) in [5.41, 5.74) is -0.155. The smallest absolute Gasteiger partial charge is 0.205 e. The number of hydrogen-bond acceptors (Lipinski definition) is 1. The Morgan fingerprint density at radius 1 is 1.27 bits per heavy atom. The van der Waals surface area contributed by atoms with Crippen LogP contribution in [0.4, 0.5) is 8.78 Å². The highest BCUT2D eigenvalue weighted by Gasteiger charge is 2.10. The summed E-state index contributed by atoms with van der Waals surface area (Å²) in [4.78, 5) is 0. The van der Waals surface area contributed by atoms with Gasteiger partial charge in [0.2, 0.25) is 0 Å². The van der Waals surface area contributed by atoms with Crippen molar-refractivity contribution >= 4 is 0 Å². The van der Waals surface area contributed by atoms with Crippen LogP contribution in [0.25, 0.3) is 0 Å². The van der Waals surface area contributed by atoms with E-state index >= 15 is 0 Å². The van der Waals surface area contributed by atoms with Crippen LogP contribution in [0.2, 0.25) is 0 Å². The van der Waals surface area contributed by atoms with Crippen molar-refractivity contribution in [3.8, 4) is 6.07 Å². The van der Waals surface area contributed by atoms with Crippen molar-refractivity contribution in [1.82, 2.24) is 0 Å². The van der Waals surface area contributed by atoms with Crippen molar-refractivity contribution < 1.29 is 8.78 Å². The maximum atomic E-state index is 12.1. The highest BCUT2D eigenvalue weighted by Crippen LogP contribution is 2.21. The molecule has 0 spiro atoms. The predicted octanol–water partition coefficient (Wildman–Crippen LogP) is 2.50. The Morgan fingerprint density at radius 3 is 2.36 bits per heavy atom. The minimum absolute atomic E-state index is 0.0440. The number of benzene rings is 1. The summed E-state index contributed by atoms with van der Waals surface area (Å²) >= 11 is 0. The van der Waals surface area contributed by atoms with E-state index in [1.807, 2.05) is 0 Å². The lowest BCUT2D eigenvalue weighted by Crippen LogP contribution is -1.88. The highest BCUT2D eigenvalue weighted by molar-refractivity contribution is 5.37. The molecule has 0 amide bonds. The maximum Gasteiger partial charge on any atom is 0.265 e. The molecular weight excluding hydrogens is 148 g/mol. The first-order valence-electron chi connectivity index (χ1n) is 3.03. The SMILES string of the molecule is N#Cc1ccccc1C(F)F. The van der Waals surface area contributed by atoms with Gasteiger partial charge in [0.25, 0.3) is 6.43 Å². The topological polar surface area (TPSA) is 23.8 Å². The van der Waals surface area contributed by atoms with E-state index in [4.69, 9.17) is 5.26 Å². The third-order valence-electron chi connectivity index (χ3n) is 1.32. The quantitative estimate of drug-likeness (QED) is 0.608. The fourth-order valence-electron chi connectivity index (χ4n) is 0.789. The van der Waals surface area contributed by atoms with Crippen LogP contribution in [0, 0.1) is 11.3 Å². The van der Waals surface area contributed by atoms with E-state index < -0.39 is 6.43 Å². The zero-order chi connectivity index (χ0) is 8.27. The van der Waals surface area contributed by atoms with E-state index in [0.717, 1.165) is 0 Å². The predicted molar refractivity (Wildman–Crippen MR) is 36.1 cm³/mol. The van der Waals surface area contributed by atoms with E-state index in [0.29, 0.717) is 0 Å².